The number of amides is 1. The molecule has 0 spiro atoms. The van der Waals surface area contributed by atoms with E-state index in [0.29, 0.717) is 13.2 Å². The number of nitrogens with two attached hydrogens (primary N) is 1. The van der Waals surface area contributed by atoms with Gasteiger partial charge in [-0.05, 0) is 30.7 Å². The Morgan fingerprint density at radius 1 is 1.33 bits per heavy atom. The lowest BCUT2D eigenvalue weighted by Gasteiger charge is -2.17. The van der Waals surface area contributed by atoms with Crippen molar-refractivity contribution in [1.82, 2.24) is 0 Å². The summed E-state index contributed by atoms with van der Waals surface area (Å²) >= 11 is 0. The molecule has 0 aromatic heterocycles. The van der Waals surface area contributed by atoms with Gasteiger partial charge in [0.25, 0.3) is 0 Å². The highest BCUT2D eigenvalue weighted by atomic mass is 32.2. The normalized spacial score (nSPS) is 19.0. The molecule has 0 aliphatic carbocycles. The predicted molar refractivity (Wildman–Crippen MR) is 80.7 cm³/mol. The third-order valence-corrected chi connectivity index (χ3v) is 4.23. The number of nitrogens with zero attached hydrogens (tertiary/aromatic N) is 1. The zero-order valence-electron chi connectivity index (χ0n) is 12.0. The summed E-state index contributed by atoms with van der Waals surface area (Å²) in [5.74, 6) is 0.273. The van der Waals surface area contributed by atoms with Crippen molar-refractivity contribution in [3.05, 3.63) is 24.3 Å². The number of primary sulfonamides is 1. The molecule has 1 aliphatic heterocycles. The lowest BCUT2D eigenvalue weighted by atomic mass is 10.1. The second kappa shape index (κ2) is 6.44. The molecule has 2 N–H and O–H groups in total. The summed E-state index contributed by atoms with van der Waals surface area (Å²) in [5.41, 5.74) is 0.751. The second-order valence-electron chi connectivity index (χ2n) is 5.25. The number of carbonyl (C=O) groups excluding carboxylic acids is 1. The van der Waals surface area contributed by atoms with E-state index in [1.807, 2.05) is 31.2 Å². The summed E-state index contributed by atoms with van der Waals surface area (Å²) in [6.07, 6.45) is 1.14. The van der Waals surface area contributed by atoms with Gasteiger partial charge in [-0.15, -0.1) is 0 Å². The standard InChI is InChI=1S/C14H20N2O4S/c1-2-7-20-13-5-3-12(4-6-13)16-9-11(8-14(16)17)10-21(15,18)19/h3-6,11H,2,7-10H2,1H3,(H2,15,18,19). The highest BCUT2D eigenvalue weighted by Gasteiger charge is 2.32. The van der Waals surface area contributed by atoms with Crippen LogP contribution in [-0.2, 0) is 14.8 Å². The maximum Gasteiger partial charge on any atom is 0.227 e. The van der Waals surface area contributed by atoms with E-state index >= 15 is 0 Å². The molecule has 1 aliphatic rings. The Kier molecular flexibility index (Phi) is 4.84. The first kappa shape index (κ1) is 15.8. The zero-order chi connectivity index (χ0) is 15.5. The first-order valence-electron chi connectivity index (χ1n) is 6.92. The van der Waals surface area contributed by atoms with Gasteiger partial charge in [-0.25, -0.2) is 13.6 Å². The van der Waals surface area contributed by atoms with Crippen LogP contribution < -0.4 is 14.8 Å². The molecular formula is C14H20N2O4S. The van der Waals surface area contributed by atoms with Crippen LogP contribution in [0.15, 0.2) is 24.3 Å². The molecule has 1 amide bonds. The Bertz CT molecular complexity index is 598. The average molecular weight is 312 g/mol. The minimum atomic E-state index is -3.55. The number of hydrogen-bond acceptors (Lipinski definition) is 4. The van der Waals surface area contributed by atoms with Crippen molar-refractivity contribution in [2.24, 2.45) is 11.1 Å². The van der Waals surface area contributed by atoms with Crippen LogP contribution in [-0.4, -0.2) is 33.2 Å². The van der Waals surface area contributed by atoms with Crippen molar-refractivity contribution >= 4 is 21.6 Å². The van der Waals surface area contributed by atoms with Crippen LogP contribution in [0.5, 0.6) is 5.75 Å². The van der Waals surface area contributed by atoms with Gasteiger partial charge in [0.15, 0.2) is 0 Å². The fraction of sp³-hybridized carbons (Fsp3) is 0.500. The van der Waals surface area contributed by atoms with Gasteiger partial charge in [0.2, 0.25) is 15.9 Å². The van der Waals surface area contributed by atoms with Crippen molar-refractivity contribution in [1.29, 1.82) is 0 Å². The number of ether oxygens (including phenoxy) is 1. The molecule has 116 valence electrons. The van der Waals surface area contributed by atoms with Crippen LogP contribution >= 0.6 is 0 Å². The second-order valence-corrected chi connectivity index (χ2v) is 6.91. The summed E-state index contributed by atoms with van der Waals surface area (Å²) in [5, 5.41) is 5.04. The molecule has 1 unspecified atom stereocenters. The molecule has 0 radical (unpaired) electrons. The van der Waals surface area contributed by atoms with Gasteiger partial charge >= 0.3 is 0 Å². The quantitative estimate of drug-likeness (QED) is 0.852. The average Bonchev–Trinajstić information content (AvgIpc) is 2.75. The van der Waals surface area contributed by atoms with Crippen molar-refractivity contribution in [2.75, 3.05) is 23.8 Å². The minimum Gasteiger partial charge on any atom is -0.494 e. The number of sulfonamides is 1. The van der Waals surface area contributed by atoms with Gasteiger partial charge in [-0.1, -0.05) is 6.92 Å². The summed E-state index contributed by atoms with van der Waals surface area (Å²) in [6, 6.07) is 7.24. The van der Waals surface area contributed by atoms with Crippen molar-refractivity contribution in [3.8, 4) is 5.75 Å². The van der Waals surface area contributed by atoms with E-state index in [9.17, 15) is 13.2 Å². The third-order valence-electron chi connectivity index (χ3n) is 3.29. The number of rotatable bonds is 6. The monoisotopic (exact) mass is 312 g/mol. The van der Waals surface area contributed by atoms with Crippen LogP contribution in [0.1, 0.15) is 19.8 Å². The van der Waals surface area contributed by atoms with Crippen molar-refractivity contribution < 1.29 is 17.9 Å². The SMILES string of the molecule is CCCOc1ccc(N2CC(CS(N)(=O)=O)CC2=O)cc1. The van der Waals surface area contributed by atoms with Crippen LogP contribution in [0, 0.1) is 5.92 Å². The van der Waals surface area contributed by atoms with E-state index in [2.05, 4.69) is 0 Å². The molecule has 1 atom stereocenters. The highest BCUT2D eigenvalue weighted by Crippen LogP contribution is 2.27. The summed E-state index contributed by atoms with van der Waals surface area (Å²) in [4.78, 5) is 13.6. The van der Waals surface area contributed by atoms with Crippen molar-refractivity contribution in [2.45, 2.75) is 19.8 Å². The molecule has 1 aromatic carbocycles. The molecular weight excluding hydrogens is 292 g/mol. The van der Waals surface area contributed by atoms with Crippen LogP contribution in [0.4, 0.5) is 5.69 Å². The molecule has 2 rings (SSSR count). The zero-order valence-corrected chi connectivity index (χ0v) is 12.8. The number of benzene rings is 1. The first-order valence-corrected chi connectivity index (χ1v) is 8.64. The summed E-state index contributed by atoms with van der Waals surface area (Å²) in [6.45, 7) is 3.06. The van der Waals surface area contributed by atoms with Gasteiger partial charge in [-0.2, -0.15) is 0 Å². The molecule has 0 saturated carbocycles. The smallest absolute Gasteiger partial charge is 0.227 e. The molecule has 7 heteroatoms. The van der Waals surface area contributed by atoms with E-state index in [-0.39, 0.29) is 24.0 Å². The van der Waals surface area contributed by atoms with Crippen LogP contribution in [0.2, 0.25) is 0 Å². The van der Waals surface area contributed by atoms with E-state index in [4.69, 9.17) is 9.88 Å². The fourth-order valence-electron chi connectivity index (χ4n) is 2.41. The Morgan fingerprint density at radius 3 is 2.57 bits per heavy atom. The maximum atomic E-state index is 12.0. The summed E-state index contributed by atoms with van der Waals surface area (Å²) < 4.78 is 27.7. The molecule has 1 fully saturated rings. The Hall–Kier alpha value is -1.60. The third kappa shape index (κ3) is 4.44. The molecule has 1 aromatic rings. The maximum absolute atomic E-state index is 12.0. The number of anilines is 1. The first-order chi connectivity index (χ1) is 9.89. The van der Waals surface area contributed by atoms with Crippen molar-refractivity contribution in [3.63, 3.8) is 0 Å². The minimum absolute atomic E-state index is 0.0779. The van der Waals surface area contributed by atoms with Gasteiger partial charge in [-0.3, -0.25) is 4.79 Å². The Labute approximate surface area is 124 Å². The highest BCUT2D eigenvalue weighted by molar-refractivity contribution is 7.89. The molecule has 1 heterocycles. The van der Waals surface area contributed by atoms with Gasteiger partial charge < -0.3 is 9.64 Å². The molecule has 0 bridgehead atoms. The van der Waals surface area contributed by atoms with E-state index in [0.717, 1.165) is 17.9 Å². The fourth-order valence-corrected chi connectivity index (χ4v) is 3.29. The number of carbonyl (C=O) groups is 1. The predicted octanol–water partition coefficient (Wildman–Crippen LogP) is 1.12. The number of hydrogen-bond donors (Lipinski definition) is 1. The topological polar surface area (TPSA) is 89.7 Å². The van der Waals surface area contributed by atoms with E-state index in [1.165, 1.54) is 0 Å². The van der Waals surface area contributed by atoms with Gasteiger partial charge in [0, 0.05) is 24.6 Å². The Balaban J connectivity index is 2.03. The van der Waals surface area contributed by atoms with Crippen LogP contribution in [0.3, 0.4) is 0 Å². The van der Waals surface area contributed by atoms with Gasteiger partial charge in [0.05, 0.1) is 12.4 Å². The lowest BCUT2D eigenvalue weighted by Crippen LogP contribution is -2.27. The van der Waals surface area contributed by atoms with E-state index < -0.39 is 10.0 Å². The largest absolute Gasteiger partial charge is 0.494 e. The lowest BCUT2D eigenvalue weighted by molar-refractivity contribution is -0.117. The molecule has 1 saturated heterocycles. The van der Waals surface area contributed by atoms with Gasteiger partial charge in [0.1, 0.15) is 5.75 Å². The molecule has 21 heavy (non-hydrogen) atoms. The summed E-state index contributed by atoms with van der Waals surface area (Å²) in [7, 11) is -3.55. The Morgan fingerprint density at radius 2 is 2.00 bits per heavy atom. The van der Waals surface area contributed by atoms with Crippen LogP contribution in [0.25, 0.3) is 0 Å². The van der Waals surface area contributed by atoms with E-state index in [1.54, 1.807) is 4.90 Å². The molecule has 6 nitrogen and oxygen atoms in total.